The van der Waals surface area contributed by atoms with E-state index >= 15 is 0 Å². The van der Waals surface area contributed by atoms with Crippen molar-refractivity contribution in [3.8, 4) is 0 Å². The van der Waals surface area contributed by atoms with Crippen LogP contribution >= 0.6 is 0 Å². The van der Waals surface area contributed by atoms with Crippen LogP contribution in [0.2, 0.25) is 0 Å². The first-order valence-electron chi connectivity index (χ1n) is 6.81. The van der Waals surface area contributed by atoms with E-state index in [9.17, 15) is 9.59 Å². The summed E-state index contributed by atoms with van der Waals surface area (Å²) in [5.41, 5.74) is 0.118. The van der Waals surface area contributed by atoms with E-state index in [4.69, 9.17) is 4.74 Å². The third-order valence-corrected chi connectivity index (χ3v) is 3.66. The summed E-state index contributed by atoms with van der Waals surface area (Å²) >= 11 is 0. The number of fused-ring (bicyclic) bond motifs is 1. The lowest BCUT2D eigenvalue weighted by Crippen LogP contribution is -2.25. The van der Waals surface area contributed by atoms with Crippen LogP contribution in [-0.2, 0) is 4.74 Å². The summed E-state index contributed by atoms with van der Waals surface area (Å²) in [7, 11) is 0. The third kappa shape index (κ3) is 2.46. The molecule has 1 fully saturated rings. The molecule has 20 heavy (non-hydrogen) atoms. The van der Waals surface area contributed by atoms with E-state index in [0.717, 1.165) is 32.6 Å². The molecule has 3 N–H and O–H groups in total. The molecule has 1 aliphatic heterocycles. The molecule has 2 aromatic rings. The fourth-order valence-corrected chi connectivity index (χ4v) is 2.60. The number of aromatic nitrogens is 2. The van der Waals surface area contributed by atoms with E-state index in [0.29, 0.717) is 22.4 Å². The lowest BCUT2D eigenvalue weighted by Gasteiger charge is -2.22. The fraction of sp³-hybridized carbons (Fsp3) is 0.429. The molecule has 1 aliphatic rings. The molecule has 6 heteroatoms. The number of hydrogen-bond donors (Lipinski definition) is 3. The van der Waals surface area contributed by atoms with Gasteiger partial charge >= 0.3 is 0 Å². The van der Waals surface area contributed by atoms with E-state index in [1.54, 1.807) is 12.1 Å². The Morgan fingerprint density at radius 1 is 1.25 bits per heavy atom. The molecule has 3 rings (SSSR count). The average Bonchev–Trinajstić information content (AvgIpc) is 2.50. The van der Waals surface area contributed by atoms with Crippen molar-refractivity contribution in [1.82, 2.24) is 10.2 Å². The van der Waals surface area contributed by atoms with Crippen LogP contribution in [0.4, 0.5) is 5.69 Å². The SMILES string of the molecule is O=c1[nH][nH]c(=O)c2c(NCC3CCCOC3)cccc12. The van der Waals surface area contributed by atoms with Crippen LogP contribution in [0.5, 0.6) is 0 Å². The van der Waals surface area contributed by atoms with Crippen LogP contribution in [0.3, 0.4) is 0 Å². The van der Waals surface area contributed by atoms with E-state index in [2.05, 4.69) is 15.5 Å². The van der Waals surface area contributed by atoms with Crippen molar-refractivity contribution >= 4 is 16.5 Å². The summed E-state index contributed by atoms with van der Waals surface area (Å²) in [4.78, 5) is 23.6. The second-order valence-electron chi connectivity index (χ2n) is 5.10. The smallest absolute Gasteiger partial charge is 0.272 e. The fourth-order valence-electron chi connectivity index (χ4n) is 2.60. The molecule has 0 radical (unpaired) electrons. The Balaban J connectivity index is 1.89. The molecule has 1 unspecified atom stereocenters. The number of benzene rings is 1. The van der Waals surface area contributed by atoms with Crippen LogP contribution in [0.25, 0.3) is 10.8 Å². The molecule has 0 amide bonds. The minimum atomic E-state index is -0.289. The monoisotopic (exact) mass is 275 g/mol. The molecule has 2 heterocycles. The molecule has 6 nitrogen and oxygen atoms in total. The van der Waals surface area contributed by atoms with E-state index in [1.807, 2.05) is 6.07 Å². The molecule has 106 valence electrons. The first-order chi connectivity index (χ1) is 9.75. The van der Waals surface area contributed by atoms with Gasteiger partial charge < -0.3 is 10.1 Å². The maximum Gasteiger partial charge on any atom is 0.272 e. The zero-order chi connectivity index (χ0) is 13.9. The Labute approximate surface area is 115 Å². The van der Waals surface area contributed by atoms with Gasteiger partial charge in [0.1, 0.15) is 0 Å². The van der Waals surface area contributed by atoms with Crippen molar-refractivity contribution in [3.63, 3.8) is 0 Å². The topological polar surface area (TPSA) is 87.0 Å². The Morgan fingerprint density at radius 3 is 2.90 bits per heavy atom. The van der Waals surface area contributed by atoms with Gasteiger partial charge in [-0.3, -0.25) is 19.8 Å². The Morgan fingerprint density at radius 2 is 2.10 bits per heavy atom. The van der Waals surface area contributed by atoms with Crippen LogP contribution < -0.4 is 16.4 Å². The van der Waals surface area contributed by atoms with E-state index in [1.165, 1.54) is 0 Å². The maximum atomic E-state index is 11.9. The van der Waals surface area contributed by atoms with Crippen molar-refractivity contribution in [2.75, 3.05) is 25.1 Å². The van der Waals surface area contributed by atoms with Crippen molar-refractivity contribution < 1.29 is 4.74 Å². The third-order valence-electron chi connectivity index (χ3n) is 3.66. The van der Waals surface area contributed by atoms with Gasteiger partial charge in [-0.2, -0.15) is 0 Å². The zero-order valence-corrected chi connectivity index (χ0v) is 11.1. The molecule has 0 saturated carbocycles. The number of rotatable bonds is 3. The summed E-state index contributed by atoms with van der Waals surface area (Å²) in [6.07, 6.45) is 2.19. The highest BCUT2D eigenvalue weighted by Gasteiger charge is 2.14. The summed E-state index contributed by atoms with van der Waals surface area (Å²) < 4.78 is 5.44. The van der Waals surface area contributed by atoms with Gasteiger partial charge in [-0.15, -0.1) is 0 Å². The molecular weight excluding hydrogens is 258 g/mol. The minimum Gasteiger partial charge on any atom is -0.384 e. The van der Waals surface area contributed by atoms with Gasteiger partial charge in [0.05, 0.1) is 17.4 Å². The highest BCUT2D eigenvalue weighted by molar-refractivity contribution is 5.92. The largest absolute Gasteiger partial charge is 0.384 e. The van der Waals surface area contributed by atoms with E-state index in [-0.39, 0.29) is 11.1 Å². The molecule has 1 saturated heterocycles. The number of anilines is 1. The zero-order valence-electron chi connectivity index (χ0n) is 11.1. The van der Waals surface area contributed by atoms with Gasteiger partial charge in [-0.05, 0) is 30.9 Å². The summed E-state index contributed by atoms with van der Waals surface area (Å²) in [6, 6.07) is 5.25. The molecule has 1 aromatic carbocycles. The summed E-state index contributed by atoms with van der Waals surface area (Å²) in [5, 5.41) is 8.78. The lowest BCUT2D eigenvalue weighted by molar-refractivity contribution is 0.0595. The quantitative estimate of drug-likeness (QED) is 0.781. The predicted molar refractivity (Wildman–Crippen MR) is 77.2 cm³/mol. The van der Waals surface area contributed by atoms with Gasteiger partial charge in [-0.25, -0.2) is 0 Å². The summed E-state index contributed by atoms with van der Waals surface area (Å²) in [6.45, 7) is 2.32. The van der Waals surface area contributed by atoms with Gasteiger partial charge in [-0.1, -0.05) is 6.07 Å². The highest BCUT2D eigenvalue weighted by atomic mass is 16.5. The Kier molecular flexibility index (Phi) is 3.56. The number of H-pyrrole nitrogens is 2. The Bertz CT molecular complexity index is 713. The first-order valence-corrected chi connectivity index (χ1v) is 6.81. The van der Waals surface area contributed by atoms with Crippen LogP contribution in [-0.4, -0.2) is 30.0 Å². The second kappa shape index (κ2) is 5.50. The number of hydrogen-bond acceptors (Lipinski definition) is 4. The van der Waals surface area contributed by atoms with Crippen molar-refractivity contribution in [3.05, 3.63) is 38.9 Å². The predicted octanol–water partition coefficient (Wildman–Crippen LogP) is 1.05. The van der Waals surface area contributed by atoms with Crippen molar-refractivity contribution in [1.29, 1.82) is 0 Å². The normalized spacial score (nSPS) is 19.1. The van der Waals surface area contributed by atoms with Crippen LogP contribution in [0, 0.1) is 5.92 Å². The second-order valence-corrected chi connectivity index (χ2v) is 5.10. The van der Waals surface area contributed by atoms with Gasteiger partial charge in [0.15, 0.2) is 0 Å². The number of ether oxygens (including phenoxy) is 1. The van der Waals surface area contributed by atoms with Gasteiger partial charge in [0.2, 0.25) is 0 Å². The van der Waals surface area contributed by atoms with Crippen LogP contribution in [0.15, 0.2) is 27.8 Å². The standard InChI is InChI=1S/C14H17N3O3/c18-13-10-4-1-5-11(12(10)14(19)17-16-13)15-7-9-3-2-6-20-8-9/h1,4-5,9,15H,2-3,6-8H2,(H,16,18)(H,17,19). The maximum absolute atomic E-state index is 11.9. The van der Waals surface area contributed by atoms with Crippen molar-refractivity contribution in [2.45, 2.75) is 12.8 Å². The van der Waals surface area contributed by atoms with Crippen LogP contribution in [0.1, 0.15) is 12.8 Å². The lowest BCUT2D eigenvalue weighted by atomic mass is 10.0. The molecule has 0 bridgehead atoms. The average molecular weight is 275 g/mol. The van der Waals surface area contributed by atoms with Gasteiger partial charge in [0.25, 0.3) is 11.1 Å². The van der Waals surface area contributed by atoms with Gasteiger partial charge in [0, 0.05) is 18.8 Å². The molecule has 1 aromatic heterocycles. The highest BCUT2D eigenvalue weighted by Crippen LogP contribution is 2.19. The number of nitrogens with one attached hydrogen (secondary N) is 3. The molecular formula is C14H17N3O3. The Hall–Kier alpha value is -2.08. The molecule has 1 atom stereocenters. The van der Waals surface area contributed by atoms with E-state index < -0.39 is 0 Å². The molecule has 0 aliphatic carbocycles. The number of aromatic amines is 2. The first kappa shape index (κ1) is 12.9. The van der Waals surface area contributed by atoms with Crippen molar-refractivity contribution in [2.24, 2.45) is 5.92 Å². The minimum absolute atomic E-state index is 0.288. The summed E-state index contributed by atoms with van der Waals surface area (Å²) in [5.74, 6) is 0.445. The molecule has 0 spiro atoms.